The van der Waals surface area contributed by atoms with E-state index >= 15 is 0 Å². The zero-order chi connectivity index (χ0) is 14.6. The third-order valence-corrected chi connectivity index (χ3v) is 3.88. The van der Waals surface area contributed by atoms with Crippen LogP contribution in [0.5, 0.6) is 0 Å². The Hall–Kier alpha value is -1.39. The van der Waals surface area contributed by atoms with Crippen LogP contribution in [0.15, 0.2) is 24.3 Å². The molecule has 110 valence electrons. The van der Waals surface area contributed by atoms with Crippen molar-refractivity contribution >= 4 is 5.97 Å². The lowest BCUT2D eigenvalue weighted by atomic mass is 9.91. The van der Waals surface area contributed by atoms with Crippen LogP contribution < -0.4 is 5.32 Å². The number of fused-ring (bicyclic) bond motifs is 1. The smallest absolute Gasteiger partial charge is 0.314 e. The van der Waals surface area contributed by atoms with Crippen LogP contribution >= 0.6 is 0 Å². The van der Waals surface area contributed by atoms with Crippen LogP contribution in [-0.4, -0.2) is 31.8 Å². The van der Waals surface area contributed by atoms with E-state index in [9.17, 15) is 4.79 Å². The first-order valence-electron chi connectivity index (χ1n) is 7.04. The van der Waals surface area contributed by atoms with Crippen LogP contribution in [0, 0.1) is 0 Å². The Morgan fingerprint density at radius 1 is 1.40 bits per heavy atom. The van der Waals surface area contributed by atoms with E-state index < -0.39 is 0 Å². The Morgan fingerprint density at radius 2 is 2.15 bits per heavy atom. The summed E-state index contributed by atoms with van der Waals surface area (Å²) in [5, 5.41) is 3.26. The third-order valence-electron chi connectivity index (χ3n) is 3.88. The van der Waals surface area contributed by atoms with E-state index in [1.165, 1.54) is 5.56 Å². The predicted octanol–water partition coefficient (Wildman–Crippen LogP) is 2.23. The van der Waals surface area contributed by atoms with Gasteiger partial charge >= 0.3 is 5.97 Å². The number of ether oxygens (including phenoxy) is 2. The minimum atomic E-state index is -0.261. The topological polar surface area (TPSA) is 47.6 Å². The summed E-state index contributed by atoms with van der Waals surface area (Å²) in [7, 11) is 1.67. The predicted molar refractivity (Wildman–Crippen MR) is 77.6 cm³/mol. The molecule has 0 amide bonds. The SMILES string of the molecule is COC(C)(C)CCOC(=O)C1CNCc2ccccc21. The van der Waals surface area contributed by atoms with Gasteiger partial charge in [-0.3, -0.25) is 4.79 Å². The van der Waals surface area contributed by atoms with Gasteiger partial charge in [0.25, 0.3) is 0 Å². The number of carbonyl (C=O) groups excluding carboxylic acids is 1. The highest BCUT2D eigenvalue weighted by Crippen LogP contribution is 2.25. The molecule has 0 aliphatic carbocycles. The van der Waals surface area contributed by atoms with E-state index in [4.69, 9.17) is 9.47 Å². The highest BCUT2D eigenvalue weighted by molar-refractivity contribution is 5.79. The maximum atomic E-state index is 12.2. The molecule has 1 atom stereocenters. The van der Waals surface area contributed by atoms with E-state index in [0.29, 0.717) is 19.6 Å². The van der Waals surface area contributed by atoms with E-state index in [1.807, 2.05) is 32.0 Å². The fraction of sp³-hybridized carbons (Fsp3) is 0.562. The molecule has 1 N–H and O–H groups in total. The average molecular weight is 277 g/mol. The number of hydrogen-bond donors (Lipinski definition) is 1. The Balaban J connectivity index is 1.94. The molecule has 0 radical (unpaired) electrons. The second kappa shape index (κ2) is 6.37. The number of hydrogen-bond acceptors (Lipinski definition) is 4. The second-order valence-electron chi connectivity index (χ2n) is 5.76. The van der Waals surface area contributed by atoms with E-state index in [2.05, 4.69) is 11.4 Å². The molecule has 2 rings (SSSR count). The van der Waals surface area contributed by atoms with Gasteiger partial charge in [-0.05, 0) is 25.0 Å². The largest absolute Gasteiger partial charge is 0.465 e. The molecule has 4 nitrogen and oxygen atoms in total. The molecule has 1 aliphatic heterocycles. The molecule has 1 aliphatic rings. The molecule has 1 heterocycles. The molecule has 0 fully saturated rings. The minimum Gasteiger partial charge on any atom is -0.465 e. The molecule has 0 saturated heterocycles. The first kappa shape index (κ1) is 15.0. The van der Waals surface area contributed by atoms with Crippen LogP contribution in [0.25, 0.3) is 0 Å². The lowest BCUT2D eigenvalue weighted by Gasteiger charge is -2.26. The summed E-state index contributed by atoms with van der Waals surface area (Å²) in [4.78, 5) is 12.2. The van der Waals surface area contributed by atoms with Gasteiger partial charge in [0.2, 0.25) is 0 Å². The summed E-state index contributed by atoms with van der Waals surface area (Å²) in [5.41, 5.74) is 2.00. The Labute approximate surface area is 120 Å². The van der Waals surface area contributed by atoms with Gasteiger partial charge in [0.05, 0.1) is 18.1 Å². The van der Waals surface area contributed by atoms with Crippen molar-refractivity contribution in [1.82, 2.24) is 5.32 Å². The van der Waals surface area contributed by atoms with Gasteiger partial charge in [-0.2, -0.15) is 0 Å². The monoisotopic (exact) mass is 277 g/mol. The Kier molecular flexibility index (Phi) is 4.78. The molecular formula is C16H23NO3. The first-order chi connectivity index (χ1) is 9.53. The number of esters is 1. The van der Waals surface area contributed by atoms with Gasteiger partial charge in [0.15, 0.2) is 0 Å². The van der Waals surface area contributed by atoms with E-state index in [-0.39, 0.29) is 17.5 Å². The number of benzene rings is 1. The zero-order valence-electron chi connectivity index (χ0n) is 12.4. The Morgan fingerprint density at radius 3 is 2.90 bits per heavy atom. The van der Waals surface area contributed by atoms with Crippen molar-refractivity contribution in [3.05, 3.63) is 35.4 Å². The van der Waals surface area contributed by atoms with Crippen LogP contribution in [0.2, 0.25) is 0 Å². The van der Waals surface area contributed by atoms with Gasteiger partial charge in [0, 0.05) is 26.6 Å². The summed E-state index contributed by atoms with van der Waals surface area (Å²) in [6.07, 6.45) is 0.692. The fourth-order valence-electron chi connectivity index (χ4n) is 2.31. The maximum Gasteiger partial charge on any atom is 0.314 e. The third kappa shape index (κ3) is 3.58. The van der Waals surface area contributed by atoms with Crippen molar-refractivity contribution in [2.45, 2.75) is 38.3 Å². The molecule has 1 aromatic rings. The number of rotatable bonds is 5. The van der Waals surface area contributed by atoms with E-state index in [1.54, 1.807) is 7.11 Å². The van der Waals surface area contributed by atoms with Crippen molar-refractivity contribution in [2.24, 2.45) is 0 Å². The number of methoxy groups -OCH3 is 1. The summed E-state index contributed by atoms with van der Waals surface area (Å²) >= 11 is 0. The van der Waals surface area contributed by atoms with E-state index in [0.717, 1.165) is 12.1 Å². The van der Waals surface area contributed by atoms with Crippen molar-refractivity contribution in [2.75, 3.05) is 20.3 Å². The lowest BCUT2D eigenvalue weighted by molar-refractivity contribution is -0.147. The standard InChI is InChI=1S/C16H23NO3/c1-16(2,19-3)8-9-20-15(18)14-11-17-10-12-6-4-5-7-13(12)14/h4-7,14,17H,8-11H2,1-3H3. The first-order valence-corrected chi connectivity index (χ1v) is 7.04. The molecule has 0 bridgehead atoms. The lowest BCUT2D eigenvalue weighted by Crippen LogP contribution is -2.34. The van der Waals surface area contributed by atoms with Crippen molar-refractivity contribution < 1.29 is 14.3 Å². The number of carbonyl (C=O) groups is 1. The molecule has 0 saturated carbocycles. The molecule has 20 heavy (non-hydrogen) atoms. The van der Waals surface area contributed by atoms with Crippen molar-refractivity contribution in [3.8, 4) is 0 Å². The highest BCUT2D eigenvalue weighted by Gasteiger charge is 2.27. The highest BCUT2D eigenvalue weighted by atomic mass is 16.5. The minimum absolute atomic E-state index is 0.156. The van der Waals surface area contributed by atoms with Crippen LogP contribution in [0.4, 0.5) is 0 Å². The summed E-state index contributed by atoms with van der Waals surface area (Å²) < 4.78 is 10.7. The molecule has 4 heteroatoms. The maximum absolute atomic E-state index is 12.2. The Bertz CT molecular complexity index is 471. The zero-order valence-corrected chi connectivity index (χ0v) is 12.4. The average Bonchev–Trinajstić information content (AvgIpc) is 2.46. The van der Waals surface area contributed by atoms with Gasteiger partial charge in [-0.1, -0.05) is 24.3 Å². The molecule has 1 unspecified atom stereocenters. The quantitative estimate of drug-likeness (QED) is 0.838. The van der Waals surface area contributed by atoms with Crippen LogP contribution in [-0.2, 0) is 20.8 Å². The van der Waals surface area contributed by atoms with Gasteiger partial charge in [-0.15, -0.1) is 0 Å². The molecule has 0 aromatic heterocycles. The molecule has 0 spiro atoms. The van der Waals surface area contributed by atoms with Gasteiger partial charge < -0.3 is 14.8 Å². The summed E-state index contributed by atoms with van der Waals surface area (Å²) in [6, 6.07) is 8.03. The second-order valence-corrected chi connectivity index (χ2v) is 5.76. The van der Waals surface area contributed by atoms with Crippen LogP contribution in [0.1, 0.15) is 37.3 Å². The van der Waals surface area contributed by atoms with Crippen LogP contribution in [0.3, 0.4) is 0 Å². The van der Waals surface area contributed by atoms with Gasteiger partial charge in [-0.25, -0.2) is 0 Å². The van der Waals surface area contributed by atoms with Gasteiger partial charge in [0.1, 0.15) is 0 Å². The summed E-state index contributed by atoms with van der Waals surface area (Å²) in [6.45, 7) is 5.81. The normalized spacial score (nSPS) is 18.4. The molecule has 1 aromatic carbocycles. The fourth-order valence-corrected chi connectivity index (χ4v) is 2.31. The molecular weight excluding hydrogens is 254 g/mol. The summed E-state index contributed by atoms with van der Waals surface area (Å²) in [5.74, 6) is -0.359. The van der Waals surface area contributed by atoms with Crippen molar-refractivity contribution in [1.29, 1.82) is 0 Å². The van der Waals surface area contributed by atoms with Crippen molar-refractivity contribution in [3.63, 3.8) is 0 Å². The number of nitrogens with one attached hydrogen (secondary N) is 1.